The lowest BCUT2D eigenvalue weighted by molar-refractivity contribution is -0.146. The molecule has 0 saturated heterocycles. The van der Waals surface area contributed by atoms with Gasteiger partial charge in [0.25, 0.3) is 0 Å². The summed E-state index contributed by atoms with van der Waals surface area (Å²) < 4.78 is 16.7. The Bertz CT molecular complexity index is 147. The highest BCUT2D eigenvalue weighted by atomic mass is 19.1. The molecule has 0 spiro atoms. The van der Waals surface area contributed by atoms with E-state index in [2.05, 4.69) is 4.74 Å². The highest BCUT2D eigenvalue weighted by Crippen LogP contribution is 1.95. The number of hydrogen-bond donors (Lipinski definition) is 1. The molecule has 1 N–H and O–H groups in total. The standard InChI is InChI=1S/C6H10FNO2/c1-3-10-6(9)5(7)4(2)8/h5,8H,3H2,1-2H3. The molecule has 4 heteroatoms. The highest BCUT2D eigenvalue weighted by Gasteiger charge is 2.19. The molecule has 1 atom stereocenters. The first-order valence-corrected chi connectivity index (χ1v) is 2.95. The summed E-state index contributed by atoms with van der Waals surface area (Å²) in [6.45, 7) is 2.96. The van der Waals surface area contributed by atoms with E-state index in [-0.39, 0.29) is 12.3 Å². The minimum atomic E-state index is -1.89. The molecule has 0 radical (unpaired) electrons. The van der Waals surface area contributed by atoms with Crippen LogP contribution in [0.15, 0.2) is 0 Å². The number of carbonyl (C=O) groups is 1. The summed E-state index contributed by atoms with van der Waals surface area (Å²) in [7, 11) is 0. The molecule has 0 aliphatic rings. The Morgan fingerprint density at radius 3 is 2.60 bits per heavy atom. The zero-order valence-electron chi connectivity index (χ0n) is 5.98. The molecule has 3 nitrogen and oxygen atoms in total. The van der Waals surface area contributed by atoms with E-state index in [0.717, 1.165) is 0 Å². The van der Waals surface area contributed by atoms with Gasteiger partial charge in [0.15, 0.2) is 0 Å². The maximum absolute atomic E-state index is 12.4. The molecule has 0 bridgehead atoms. The van der Waals surface area contributed by atoms with Crippen molar-refractivity contribution in [2.75, 3.05) is 6.61 Å². The second-order valence-electron chi connectivity index (χ2n) is 1.80. The van der Waals surface area contributed by atoms with E-state index < -0.39 is 12.1 Å². The second kappa shape index (κ2) is 3.98. The average Bonchev–Trinajstić information content (AvgIpc) is 1.87. The number of carbonyl (C=O) groups excluding carboxylic acids is 1. The zero-order chi connectivity index (χ0) is 8.15. The molecule has 0 aliphatic heterocycles. The van der Waals surface area contributed by atoms with E-state index in [0.29, 0.717) is 0 Å². The Hall–Kier alpha value is -0.930. The Morgan fingerprint density at radius 2 is 2.30 bits per heavy atom. The lowest BCUT2D eigenvalue weighted by Crippen LogP contribution is -2.25. The van der Waals surface area contributed by atoms with Crippen molar-refractivity contribution in [3.05, 3.63) is 0 Å². The molecule has 0 aromatic heterocycles. The number of rotatable bonds is 3. The van der Waals surface area contributed by atoms with E-state index in [4.69, 9.17) is 5.41 Å². The Morgan fingerprint density at radius 1 is 1.80 bits per heavy atom. The third-order valence-electron chi connectivity index (χ3n) is 0.874. The molecule has 58 valence electrons. The number of halogens is 1. The van der Waals surface area contributed by atoms with Crippen LogP contribution in [0.5, 0.6) is 0 Å². The topological polar surface area (TPSA) is 50.2 Å². The molecule has 10 heavy (non-hydrogen) atoms. The van der Waals surface area contributed by atoms with Gasteiger partial charge in [-0.05, 0) is 13.8 Å². The molecule has 0 saturated carbocycles. The van der Waals surface area contributed by atoms with Crippen LogP contribution in [0.4, 0.5) is 4.39 Å². The number of hydrogen-bond acceptors (Lipinski definition) is 3. The fourth-order valence-corrected chi connectivity index (χ4v) is 0.392. The smallest absolute Gasteiger partial charge is 0.346 e. The van der Waals surface area contributed by atoms with Gasteiger partial charge in [-0.2, -0.15) is 0 Å². The van der Waals surface area contributed by atoms with Crippen LogP contribution in [-0.2, 0) is 9.53 Å². The molecule has 1 unspecified atom stereocenters. The van der Waals surface area contributed by atoms with E-state index in [1.807, 2.05) is 0 Å². The van der Waals surface area contributed by atoms with Crippen molar-refractivity contribution in [3.8, 4) is 0 Å². The van der Waals surface area contributed by atoms with Crippen LogP contribution in [0.3, 0.4) is 0 Å². The van der Waals surface area contributed by atoms with Crippen LogP contribution in [0.1, 0.15) is 13.8 Å². The highest BCUT2D eigenvalue weighted by molar-refractivity contribution is 6.01. The monoisotopic (exact) mass is 147 g/mol. The summed E-state index contributed by atoms with van der Waals surface area (Å²) in [5, 5.41) is 6.73. The molecule has 0 amide bonds. The first kappa shape index (κ1) is 9.07. The van der Waals surface area contributed by atoms with Crippen LogP contribution >= 0.6 is 0 Å². The summed E-state index contributed by atoms with van der Waals surface area (Å²) in [6, 6.07) is 0. The van der Waals surface area contributed by atoms with Gasteiger partial charge in [-0.3, -0.25) is 0 Å². The van der Waals surface area contributed by atoms with Gasteiger partial charge in [0.05, 0.1) is 12.3 Å². The molecular weight excluding hydrogens is 137 g/mol. The van der Waals surface area contributed by atoms with E-state index >= 15 is 0 Å². The lowest BCUT2D eigenvalue weighted by Gasteiger charge is -2.03. The van der Waals surface area contributed by atoms with Crippen molar-refractivity contribution in [2.24, 2.45) is 0 Å². The molecule has 0 rings (SSSR count). The zero-order valence-corrected chi connectivity index (χ0v) is 5.98. The normalized spacial score (nSPS) is 12.3. The predicted molar refractivity (Wildman–Crippen MR) is 34.9 cm³/mol. The predicted octanol–water partition coefficient (Wildman–Crippen LogP) is 0.927. The quantitative estimate of drug-likeness (QED) is 0.476. The second-order valence-corrected chi connectivity index (χ2v) is 1.80. The Labute approximate surface area is 58.7 Å². The van der Waals surface area contributed by atoms with Crippen LogP contribution < -0.4 is 0 Å². The fraction of sp³-hybridized carbons (Fsp3) is 0.667. The molecule has 0 aromatic carbocycles. The van der Waals surface area contributed by atoms with Crippen LogP contribution in [0, 0.1) is 5.41 Å². The lowest BCUT2D eigenvalue weighted by atomic mass is 10.3. The van der Waals surface area contributed by atoms with Crippen LogP contribution in [0.2, 0.25) is 0 Å². The summed E-state index contributed by atoms with van der Waals surface area (Å²) in [6.07, 6.45) is -1.89. The molecular formula is C6H10FNO2. The van der Waals surface area contributed by atoms with Gasteiger partial charge < -0.3 is 10.1 Å². The maximum atomic E-state index is 12.4. The van der Waals surface area contributed by atoms with Crippen molar-refractivity contribution in [1.29, 1.82) is 5.41 Å². The molecule has 0 heterocycles. The van der Waals surface area contributed by atoms with Crippen LogP contribution in [0.25, 0.3) is 0 Å². The third kappa shape index (κ3) is 2.57. The summed E-state index contributed by atoms with van der Waals surface area (Å²) >= 11 is 0. The number of alkyl halides is 1. The first-order chi connectivity index (χ1) is 4.59. The van der Waals surface area contributed by atoms with Crippen molar-refractivity contribution in [1.82, 2.24) is 0 Å². The number of nitrogens with one attached hydrogen (secondary N) is 1. The largest absolute Gasteiger partial charge is 0.464 e. The Kier molecular flexibility index (Phi) is 3.61. The van der Waals surface area contributed by atoms with Gasteiger partial charge in [0, 0.05) is 0 Å². The number of ether oxygens (including phenoxy) is 1. The first-order valence-electron chi connectivity index (χ1n) is 2.95. The summed E-state index contributed by atoms with van der Waals surface area (Å²) in [5.74, 6) is -0.977. The van der Waals surface area contributed by atoms with E-state index in [9.17, 15) is 9.18 Å². The number of esters is 1. The van der Waals surface area contributed by atoms with Crippen LogP contribution in [-0.4, -0.2) is 24.5 Å². The van der Waals surface area contributed by atoms with Crippen molar-refractivity contribution in [2.45, 2.75) is 20.0 Å². The minimum Gasteiger partial charge on any atom is -0.464 e. The summed E-state index contributed by atoms with van der Waals surface area (Å²) in [4.78, 5) is 10.4. The third-order valence-corrected chi connectivity index (χ3v) is 0.874. The van der Waals surface area contributed by atoms with Crippen molar-refractivity contribution >= 4 is 11.7 Å². The average molecular weight is 147 g/mol. The fourth-order valence-electron chi connectivity index (χ4n) is 0.392. The maximum Gasteiger partial charge on any atom is 0.346 e. The minimum absolute atomic E-state index is 0.145. The van der Waals surface area contributed by atoms with Gasteiger partial charge in [0.1, 0.15) is 0 Å². The summed E-state index contributed by atoms with van der Waals surface area (Å²) in [5.41, 5.74) is -0.321. The molecule has 0 aliphatic carbocycles. The van der Waals surface area contributed by atoms with E-state index in [1.165, 1.54) is 6.92 Å². The SMILES string of the molecule is CCOC(=O)C(F)C(C)=N. The van der Waals surface area contributed by atoms with Gasteiger partial charge in [-0.1, -0.05) is 0 Å². The molecule has 0 aromatic rings. The molecule has 0 fully saturated rings. The van der Waals surface area contributed by atoms with Gasteiger partial charge in [-0.25, -0.2) is 9.18 Å². The van der Waals surface area contributed by atoms with E-state index in [1.54, 1.807) is 6.92 Å². The Balaban J connectivity index is 3.82. The van der Waals surface area contributed by atoms with Gasteiger partial charge in [-0.15, -0.1) is 0 Å². The van der Waals surface area contributed by atoms with Crippen molar-refractivity contribution in [3.63, 3.8) is 0 Å². The van der Waals surface area contributed by atoms with Gasteiger partial charge >= 0.3 is 5.97 Å². The van der Waals surface area contributed by atoms with Gasteiger partial charge in [0.2, 0.25) is 6.17 Å². The van der Waals surface area contributed by atoms with Crippen molar-refractivity contribution < 1.29 is 13.9 Å².